The van der Waals surface area contributed by atoms with Gasteiger partial charge >= 0.3 is 0 Å². The molecule has 24 heavy (non-hydrogen) atoms. The number of primary amides is 1. The van der Waals surface area contributed by atoms with Gasteiger partial charge in [0.2, 0.25) is 0 Å². The lowest BCUT2D eigenvalue weighted by atomic mass is 10.1. The number of carbonyl (C=O) groups is 1. The van der Waals surface area contributed by atoms with E-state index < -0.39 is 5.91 Å². The minimum Gasteiger partial charge on any atom is -0.364 e. The second-order valence-electron chi connectivity index (χ2n) is 5.90. The van der Waals surface area contributed by atoms with Gasteiger partial charge in [-0.25, -0.2) is 4.98 Å². The van der Waals surface area contributed by atoms with E-state index in [-0.39, 0.29) is 0 Å². The van der Waals surface area contributed by atoms with Gasteiger partial charge in [0, 0.05) is 16.3 Å². The molecule has 1 amide bonds. The summed E-state index contributed by atoms with van der Waals surface area (Å²) < 4.78 is 0. The molecule has 2 aromatic carbocycles. The van der Waals surface area contributed by atoms with Crippen molar-refractivity contribution in [2.24, 2.45) is 5.73 Å². The number of para-hydroxylation sites is 1. The lowest BCUT2D eigenvalue weighted by Crippen LogP contribution is -2.14. The van der Waals surface area contributed by atoms with Crippen molar-refractivity contribution in [3.05, 3.63) is 77.6 Å². The summed E-state index contributed by atoms with van der Waals surface area (Å²) in [6.07, 6.45) is 1.61. The molecule has 4 aromatic rings. The first-order valence-corrected chi connectivity index (χ1v) is 7.96. The molecule has 118 valence electrons. The number of fused-ring (bicyclic) bond motifs is 3. The van der Waals surface area contributed by atoms with Gasteiger partial charge in [0.1, 0.15) is 5.69 Å². The van der Waals surface area contributed by atoms with Crippen LogP contribution in [0.25, 0.3) is 21.8 Å². The van der Waals surface area contributed by atoms with Crippen LogP contribution in [-0.2, 0) is 12.8 Å². The Hall–Kier alpha value is -3.14. The second kappa shape index (κ2) is 5.81. The lowest BCUT2D eigenvalue weighted by molar-refractivity contribution is 0.0995. The van der Waals surface area contributed by atoms with Crippen LogP contribution >= 0.6 is 0 Å². The molecular formula is C20H17N3O. The molecule has 2 aromatic heterocycles. The largest absolute Gasteiger partial charge is 0.364 e. The SMILES string of the molecule is NC(=O)c1cc2c([nH]c3ccccc32)c(CCc2ccccc2)n1. The van der Waals surface area contributed by atoms with Gasteiger partial charge in [-0.2, -0.15) is 0 Å². The third-order valence-corrected chi connectivity index (χ3v) is 4.32. The molecule has 4 nitrogen and oxygen atoms in total. The molecule has 2 heterocycles. The van der Waals surface area contributed by atoms with Crippen molar-refractivity contribution in [1.29, 1.82) is 0 Å². The number of H-pyrrole nitrogens is 1. The summed E-state index contributed by atoms with van der Waals surface area (Å²) in [4.78, 5) is 19.6. The highest BCUT2D eigenvalue weighted by Crippen LogP contribution is 2.28. The average Bonchev–Trinajstić information content (AvgIpc) is 2.99. The highest BCUT2D eigenvalue weighted by Gasteiger charge is 2.14. The van der Waals surface area contributed by atoms with E-state index in [9.17, 15) is 4.79 Å². The summed E-state index contributed by atoms with van der Waals surface area (Å²) in [6.45, 7) is 0. The second-order valence-corrected chi connectivity index (χ2v) is 5.90. The molecule has 0 atom stereocenters. The first-order chi connectivity index (χ1) is 11.7. The Morgan fingerprint density at radius 3 is 2.50 bits per heavy atom. The topological polar surface area (TPSA) is 71.8 Å². The van der Waals surface area contributed by atoms with Crippen molar-refractivity contribution < 1.29 is 4.79 Å². The van der Waals surface area contributed by atoms with Gasteiger partial charge < -0.3 is 10.7 Å². The molecule has 0 radical (unpaired) electrons. The Bertz CT molecular complexity index is 1030. The van der Waals surface area contributed by atoms with Crippen molar-refractivity contribution in [3.63, 3.8) is 0 Å². The number of nitrogens with zero attached hydrogens (tertiary/aromatic N) is 1. The van der Waals surface area contributed by atoms with E-state index in [1.54, 1.807) is 6.07 Å². The fourth-order valence-electron chi connectivity index (χ4n) is 3.13. The molecule has 0 saturated carbocycles. The molecule has 0 bridgehead atoms. The smallest absolute Gasteiger partial charge is 0.267 e. The predicted molar refractivity (Wildman–Crippen MR) is 96.0 cm³/mol. The fourth-order valence-corrected chi connectivity index (χ4v) is 3.13. The van der Waals surface area contributed by atoms with Gasteiger partial charge in [-0.05, 0) is 30.5 Å². The van der Waals surface area contributed by atoms with Crippen LogP contribution < -0.4 is 5.73 Å². The molecule has 0 saturated heterocycles. The Morgan fingerprint density at radius 1 is 0.958 bits per heavy atom. The number of aromatic amines is 1. The van der Waals surface area contributed by atoms with Crippen LogP contribution in [0.3, 0.4) is 0 Å². The number of nitrogens with one attached hydrogen (secondary N) is 1. The van der Waals surface area contributed by atoms with E-state index in [4.69, 9.17) is 5.73 Å². The number of aryl methyl sites for hydroxylation is 2. The van der Waals surface area contributed by atoms with Gasteiger partial charge in [-0.1, -0.05) is 48.5 Å². The average molecular weight is 315 g/mol. The summed E-state index contributed by atoms with van der Waals surface area (Å²) in [5, 5.41) is 2.08. The quantitative estimate of drug-likeness (QED) is 0.604. The minimum absolute atomic E-state index is 0.315. The highest BCUT2D eigenvalue weighted by molar-refractivity contribution is 6.09. The summed E-state index contributed by atoms with van der Waals surface area (Å²) >= 11 is 0. The molecule has 0 fully saturated rings. The van der Waals surface area contributed by atoms with Gasteiger partial charge in [-0.3, -0.25) is 4.79 Å². The normalized spacial score (nSPS) is 11.2. The van der Waals surface area contributed by atoms with Crippen LogP contribution in [0.2, 0.25) is 0 Å². The first-order valence-electron chi connectivity index (χ1n) is 7.96. The first kappa shape index (κ1) is 14.5. The standard InChI is InChI=1S/C20H17N3O/c21-20(24)18-12-15-14-8-4-5-9-16(14)23-19(15)17(22-18)11-10-13-6-2-1-3-7-13/h1-9,12,23H,10-11H2,(H2,21,24). The lowest BCUT2D eigenvalue weighted by Gasteiger charge is -2.06. The maximum Gasteiger partial charge on any atom is 0.267 e. The van der Waals surface area contributed by atoms with Crippen molar-refractivity contribution in [3.8, 4) is 0 Å². The molecule has 0 aliphatic heterocycles. The van der Waals surface area contributed by atoms with Gasteiger partial charge in [0.25, 0.3) is 5.91 Å². The maximum absolute atomic E-state index is 11.7. The van der Waals surface area contributed by atoms with Crippen LogP contribution in [0.1, 0.15) is 21.7 Å². The van der Waals surface area contributed by atoms with E-state index in [1.165, 1.54) is 5.56 Å². The van der Waals surface area contributed by atoms with Crippen LogP contribution in [-0.4, -0.2) is 15.9 Å². The Balaban J connectivity index is 1.84. The number of nitrogens with two attached hydrogens (primary N) is 1. The van der Waals surface area contributed by atoms with Gasteiger partial charge in [0.05, 0.1) is 11.2 Å². The number of hydrogen-bond acceptors (Lipinski definition) is 2. The molecule has 0 aliphatic carbocycles. The zero-order valence-corrected chi connectivity index (χ0v) is 13.1. The Kier molecular flexibility index (Phi) is 3.50. The van der Waals surface area contributed by atoms with Crippen molar-refractivity contribution in [2.75, 3.05) is 0 Å². The Labute approximate surface area is 139 Å². The summed E-state index contributed by atoms with van der Waals surface area (Å²) in [5.74, 6) is -0.497. The number of carbonyl (C=O) groups excluding carboxylic acids is 1. The predicted octanol–water partition coefficient (Wildman–Crippen LogP) is 3.60. The molecule has 0 aliphatic rings. The number of benzene rings is 2. The molecule has 3 N–H and O–H groups in total. The molecule has 4 heteroatoms. The van der Waals surface area contributed by atoms with Crippen LogP contribution in [0.5, 0.6) is 0 Å². The monoisotopic (exact) mass is 315 g/mol. The maximum atomic E-state index is 11.7. The molecule has 0 unspecified atom stereocenters. The number of rotatable bonds is 4. The molecule has 0 spiro atoms. The highest BCUT2D eigenvalue weighted by atomic mass is 16.1. The number of aromatic nitrogens is 2. The molecular weight excluding hydrogens is 298 g/mol. The number of amides is 1. The number of pyridine rings is 1. The van der Waals surface area contributed by atoms with Crippen LogP contribution in [0, 0.1) is 0 Å². The van der Waals surface area contributed by atoms with Crippen molar-refractivity contribution in [2.45, 2.75) is 12.8 Å². The summed E-state index contributed by atoms with van der Waals surface area (Å²) in [5.41, 5.74) is 9.94. The van der Waals surface area contributed by atoms with E-state index in [0.29, 0.717) is 5.69 Å². The number of hydrogen-bond donors (Lipinski definition) is 2. The fraction of sp³-hybridized carbons (Fsp3) is 0.100. The van der Waals surface area contributed by atoms with Crippen LogP contribution in [0.4, 0.5) is 0 Å². The van der Waals surface area contributed by atoms with Crippen molar-refractivity contribution >= 4 is 27.7 Å². The van der Waals surface area contributed by atoms with E-state index >= 15 is 0 Å². The van der Waals surface area contributed by atoms with Gasteiger partial charge in [-0.15, -0.1) is 0 Å². The third kappa shape index (κ3) is 2.52. The van der Waals surface area contributed by atoms with Gasteiger partial charge in [0.15, 0.2) is 0 Å². The van der Waals surface area contributed by atoms with E-state index in [2.05, 4.69) is 22.1 Å². The zero-order chi connectivity index (χ0) is 16.5. The minimum atomic E-state index is -0.497. The van der Waals surface area contributed by atoms with Crippen molar-refractivity contribution in [1.82, 2.24) is 9.97 Å². The molecule has 4 rings (SSSR count). The van der Waals surface area contributed by atoms with E-state index in [1.807, 2.05) is 42.5 Å². The van der Waals surface area contributed by atoms with Crippen LogP contribution in [0.15, 0.2) is 60.7 Å². The summed E-state index contributed by atoms with van der Waals surface area (Å²) in [6, 6.07) is 20.1. The third-order valence-electron chi connectivity index (χ3n) is 4.32. The zero-order valence-electron chi connectivity index (χ0n) is 13.1. The van der Waals surface area contributed by atoms with E-state index in [0.717, 1.165) is 40.3 Å². The summed E-state index contributed by atoms with van der Waals surface area (Å²) in [7, 11) is 0. The Morgan fingerprint density at radius 2 is 1.71 bits per heavy atom.